The fourth-order valence-corrected chi connectivity index (χ4v) is 3.02. The molecule has 1 heterocycles. The average Bonchev–Trinajstić information content (AvgIpc) is 2.64. The van der Waals surface area contributed by atoms with Gasteiger partial charge < -0.3 is 5.32 Å². The number of fused-ring (bicyclic) bond motifs is 1. The lowest BCUT2D eigenvalue weighted by Crippen LogP contribution is -2.28. The molecule has 1 N–H and O–H groups in total. The molecule has 1 amide bonds. The zero-order chi connectivity index (χ0) is 18.7. The van der Waals surface area contributed by atoms with Gasteiger partial charge in [-0.25, -0.2) is 4.98 Å². The number of amides is 1. The minimum absolute atomic E-state index is 0.108. The van der Waals surface area contributed by atoms with Crippen LogP contribution in [0.3, 0.4) is 0 Å². The number of rotatable bonds is 5. The standard InChI is InChI=1S/C20H20ClN3O2/c1-3-13(2)15-6-4-5-7-18(15)23-19(25)11-24-12-22-17-9-8-14(21)10-16(17)20(24)26/h4-10,12-13H,3,11H2,1-2H3,(H,23,25)/t13-/m1/s1. The SMILES string of the molecule is CC[C@@H](C)c1ccccc1NC(=O)Cn1cnc2ccc(Cl)cc2c1=O. The van der Waals surface area contributed by atoms with Crippen molar-refractivity contribution in [3.05, 3.63) is 69.7 Å². The quantitative estimate of drug-likeness (QED) is 0.733. The van der Waals surface area contributed by atoms with Gasteiger partial charge in [0.05, 0.1) is 17.2 Å². The third-order valence-corrected chi connectivity index (χ3v) is 4.71. The summed E-state index contributed by atoms with van der Waals surface area (Å²) in [5, 5.41) is 3.76. The van der Waals surface area contributed by atoms with Gasteiger partial charge >= 0.3 is 0 Å². The van der Waals surface area contributed by atoms with Crippen LogP contribution in [0.2, 0.25) is 5.02 Å². The Balaban J connectivity index is 1.84. The molecule has 26 heavy (non-hydrogen) atoms. The van der Waals surface area contributed by atoms with Gasteiger partial charge in [-0.15, -0.1) is 0 Å². The molecule has 0 bridgehead atoms. The van der Waals surface area contributed by atoms with Crippen LogP contribution >= 0.6 is 11.6 Å². The molecule has 0 saturated carbocycles. The summed E-state index contributed by atoms with van der Waals surface area (Å²) in [4.78, 5) is 29.3. The Morgan fingerprint density at radius 2 is 2.04 bits per heavy atom. The highest BCUT2D eigenvalue weighted by Gasteiger charge is 2.13. The first-order valence-corrected chi connectivity index (χ1v) is 8.91. The summed E-state index contributed by atoms with van der Waals surface area (Å²) < 4.78 is 1.29. The van der Waals surface area contributed by atoms with Crippen LogP contribution in [0.15, 0.2) is 53.6 Å². The Morgan fingerprint density at radius 1 is 1.27 bits per heavy atom. The third kappa shape index (κ3) is 3.78. The largest absolute Gasteiger partial charge is 0.324 e. The molecule has 3 rings (SSSR count). The van der Waals surface area contributed by atoms with E-state index in [9.17, 15) is 9.59 Å². The highest BCUT2D eigenvalue weighted by atomic mass is 35.5. The van der Waals surface area contributed by atoms with Crippen molar-refractivity contribution in [2.24, 2.45) is 0 Å². The van der Waals surface area contributed by atoms with E-state index in [1.54, 1.807) is 18.2 Å². The maximum atomic E-state index is 12.6. The van der Waals surface area contributed by atoms with E-state index in [0.29, 0.717) is 21.8 Å². The van der Waals surface area contributed by atoms with Gasteiger partial charge in [-0.1, -0.05) is 43.6 Å². The van der Waals surface area contributed by atoms with Crippen molar-refractivity contribution < 1.29 is 4.79 Å². The molecule has 0 aliphatic carbocycles. The molecule has 0 aliphatic rings. The first-order valence-electron chi connectivity index (χ1n) is 8.53. The Hall–Kier alpha value is -2.66. The lowest BCUT2D eigenvalue weighted by atomic mass is 9.97. The number of nitrogens with one attached hydrogen (secondary N) is 1. The molecule has 2 aromatic carbocycles. The fraction of sp³-hybridized carbons (Fsp3) is 0.250. The normalized spacial score (nSPS) is 12.1. The number of aromatic nitrogens is 2. The van der Waals surface area contributed by atoms with Crippen LogP contribution in [0.4, 0.5) is 5.69 Å². The Kier molecular flexibility index (Phi) is 5.38. The number of benzene rings is 2. The number of halogens is 1. The summed E-state index contributed by atoms with van der Waals surface area (Å²) in [6.45, 7) is 4.12. The predicted octanol–water partition coefficient (Wildman–Crippen LogP) is 4.20. The number of hydrogen-bond donors (Lipinski definition) is 1. The van der Waals surface area contributed by atoms with Crippen molar-refractivity contribution in [3.63, 3.8) is 0 Å². The van der Waals surface area contributed by atoms with Crippen molar-refractivity contribution >= 4 is 34.1 Å². The van der Waals surface area contributed by atoms with Crippen LogP contribution in [0.25, 0.3) is 10.9 Å². The lowest BCUT2D eigenvalue weighted by Gasteiger charge is -2.16. The molecule has 0 radical (unpaired) electrons. The second-order valence-corrected chi connectivity index (χ2v) is 6.72. The van der Waals surface area contributed by atoms with E-state index >= 15 is 0 Å². The van der Waals surface area contributed by atoms with Crippen molar-refractivity contribution in [1.29, 1.82) is 0 Å². The van der Waals surface area contributed by atoms with E-state index in [1.807, 2.05) is 24.3 Å². The molecule has 0 saturated heterocycles. The number of carbonyl (C=O) groups excluding carboxylic acids is 1. The Morgan fingerprint density at radius 3 is 2.81 bits per heavy atom. The van der Waals surface area contributed by atoms with Crippen molar-refractivity contribution in [1.82, 2.24) is 9.55 Å². The molecular weight excluding hydrogens is 350 g/mol. The van der Waals surface area contributed by atoms with Crippen LogP contribution in [0.5, 0.6) is 0 Å². The average molecular weight is 370 g/mol. The molecule has 6 heteroatoms. The Labute approximate surface area is 156 Å². The summed E-state index contributed by atoms with van der Waals surface area (Å²) >= 11 is 5.96. The zero-order valence-corrected chi connectivity index (χ0v) is 15.5. The second kappa shape index (κ2) is 7.70. The maximum absolute atomic E-state index is 12.6. The van der Waals surface area contributed by atoms with Crippen molar-refractivity contribution in [3.8, 4) is 0 Å². The highest BCUT2D eigenvalue weighted by molar-refractivity contribution is 6.31. The number of anilines is 1. The number of nitrogens with zero attached hydrogens (tertiary/aromatic N) is 2. The molecule has 0 spiro atoms. The van der Waals surface area contributed by atoms with Gasteiger partial charge in [-0.2, -0.15) is 0 Å². The van der Waals surface area contributed by atoms with E-state index in [0.717, 1.165) is 17.7 Å². The summed E-state index contributed by atoms with van der Waals surface area (Å²) in [6.07, 6.45) is 2.36. The Bertz CT molecular complexity index is 1010. The van der Waals surface area contributed by atoms with E-state index in [-0.39, 0.29) is 18.0 Å². The molecule has 0 fully saturated rings. The van der Waals surface area contributed by atoms with Crippen molar-refractivity contribution in [2.75, 3.05) is 5.32 Å². The van der Waals surface area contributed by atoms with E-state index in [2.05, 4.69) is 24.1 Å². The monoisotopic (exact) mass is 369 g/mol. The molecule has 3 aromatic rings. The molecule has 134 valence electrons. The molecule has 0 aliphatic heterocycles. The van der Waals surface area contributed by atoms with E-state index in [4.69, 9.17) is 11.6 Å². The van der Waals surface area contributed by atoms with Gasteiger partial charge in [0.25, 0.3) is 5.56 Å². The van der Waals surface area contributed by atoms with Crippen LogP contribution < -0.4 is 10.9 Å². The maximum Gasteiger partial charge on any atom is 0.261 e. The van der Waals surface area contributed by atoms with Crippen LogP contribution in [0, 0.1) is 0 Å². The smallest absolute Gasteiger partial charge is 0.261 e. The van der Waals surface area contributed by atoms with Gasteiger partial charge in [0, 0.05) is 10.7 Å². The van der Waals surface area contributed by atoms with Gasteiger partial charge in [0.2, 0.25) is 5.91 Å². The highest BCUT2D eigenvalue weighted by Crippen LogP contribution is 2.26. The van der Waals surface area contributed by atoms with Gasteiger partial charge in [0.1, 0.15) is 6.54 Å². The zero-order valence-electron chi connectivity index (χ0n) is 14.7. The van der Waals surface area contributed by atoms with Crippen LogP contribution in [-0.4, -0.2) is 15.5 Å². The lowest BCUT2D eigenvalue weighted by molar-refractivity contribution is -0.116. The first-order chi connectivity index (χ1) is 12.5. The first kappa shape index (κ1) is 18.1. The summed E-state index contributed by atoms with van der Waals surface area (Å²) in [5.41, 5.74) is 2.12. The minimum atomic E-state index is -0.289. The van der Waals surface area contributed by atoms with E-state index < -0.39 is 0 Å². The fourth-order valence-electron chi connectivity index (χ4n) is 2.85. The molecule has 5 nitrogen and oxygen atoms in total. The number of hydrogen-bond acceptors (Lipinski definition) is 3. The van der Waals surface area contributed by atoms with Crippen LogP contribution in [-0.2, 0) is 11.3 Å². The number of para-hydroxylation sites is 1. The molecule has 0 unspecified atom stereocenters. The van der Waals surface area contributed by atoms with Gasteiger partial charge in [0.15, 0.2) is 0 Å². The molecule has 1 atom stereocenters. The number of carbonyl (C=O) groups is 1. The third-order valence-electron chi connectivity index (χ3n) is 4.48. The van der Waals surface area contributed by atoms with Gasteiger partial charge in [-0.3, -0.25) is 14.2 Å². The topological polar surface area (TPSA) is 64.0 Å². The predicted molar refractivity (Wildman–Crippen MR) is 105 cm³/mol. The van der Waals surface area contributed by atoms with E-state index in [1.165, 1.54) is 10.9 Å². The molecular formula is C20H20ClN3O2. The molecule has 1 aromatic heterocycles. The van der Waals surface area contributed by atoms with Crippen LogP contribution in [0.1, 0.15) is 31.7 Å². The van der Waals surface area contributed by atoms with Crippen molar-refractivity contribution in [2.45, 2.75) is 32.7 Å². The second-order valence-electron chi connectivity index (χ2n) is 6.28. The van der Waals surface area contributed by atoms with Gasteiger partial charge in [-0.05, 0) is 42.2 Å². The summed E-state index contributed by atoms with van der Waals surface area (Å²) in [5.74, 6) is 0.0599. The minimum Gasteiger partial charge on any atom is -0.324 e. The summed E-state index contributed by atoms with van der Waals surface area (Å²) in [7, 11) is 0. The summed E-state index contributed by atoms with van der Waals surface area (Å²) in [6, 6.07) is 12.7.